The van der Waals surface area contributed by atoms with Gasteiger partial charge in [0.1, 0.15) is 12.2 Å². The lowest BCUT2D eigenvalue weighted by Gasteiger charge is -2.19. The molecule has 3 nitrogen and oxygen atoms in total. The number of carbonyl (C=O) groups is 1. The highest BCUT2D eigenvalue weighted by Gasteiger charge is 2.15. The van der Waals surface area contributed by atoms with Crippen LogP contribution in [0.5, 0.6) is 0 Å². The van der Waals surface area contributed by atoms with Gasteiger partial charge >= 0.3 is 5.97 Å². The van der Waals surface area contributed by atoms with E-state index in [1.54, 1.807) is 0 Å². The molecule has 0 N–H and O–H groups in total. The summed E-state index contributed by atoms with van der Waals surface area (Å²) in [5.74, 6) is -0.294. The van der Waals surface area contributed by atoms with Gasteiger partial charge in [-0.25, -0.2) is 4.79 Å². The summed E-state index contributed by atoms with van der Waals surface area (Å²) in [6.07, 6.45) is 29.2. The van der Waals surface area contributed by atoms with Crippen molar-refractivity contribution in [2.75, 3.05) is 13.2 Å². The van der Waals surface area contributed by atoms with E-state index in [0.29, 0.717) is 6.61 Å². The third-order valence-electron chi connectivity index (χ3n) is 4.01. The van der Waals surface area contributed by atoms with Gasteiger partial charge in [0, 0.05) is 6.61 Å². The molecule has 0 aromatic rings. The van der Waals surface area contributed by atoms with Gasteiger partial charge < -0.3 is 9.47 Å². The van der Waals surface area contributed by atoms with Crippen LogP contribution in [-0.4, -0.2) is 24.8 Å². The maximum Gasteiger partial charge on any atom is 0.332 e. The monoisotopic (exact) mass is 404 g/mol. The molecule has 0 bridgehead atoms. The number of rotatable bonds is 17. The van der Waals surface area contributed by atoms with Gasteiger partial charge in [0.25, 0.3) is 0 Å². The lowest BCUT2D eigenvalue weighted by Crippen LogP contribution is -2.26. The lowest BCUT2D eigenvalue weighted by molar-refractivity contribution is -0.160. The minimum atomic E-state index is -0.444. The molecule has 29 heavy (non-hydrogen) atoms. The van der Waals surface area contributed by atoms with Crippen LogP contribution in [0.4, 0.5) is 0 Å². The summed E-state index contributed by atoms with van der Waals surface area (Å²) in [6, 6.07) is 0. The van der Waals surface area contributed by atoms with Gasteiger partial charge in [-0.05, 0) is 72.1 Å². The molecule has 3 heteroatoms. The molecular weight excluding hydrogens is 360 g/mol. The van der Waals surface area contributed by atoms with Gasteiger partial charge in [-0.3, -0.25) is 0 Å². The van der Waals surface area contributed by atoms with Crippen molar-refractivity contribution in [1.82, 2.24) is 0 Å². The first-order valence-corrected chi connectivity index (χ1v) is 11.3. The predicted octanol–water partition coefficient (Wildman–Crippen LogP) is 7.49. The first-order chi connectivity index (χ1) is 14.0. The smallest absolute Gasteiger partial charge is 0.332 e. The Kier molecular flexibility index (Phi) is 18.6. The van der Waals surface area contributed by atoms with E-state index in [2.05, 4.69) is 55.5 Å². The van der Waals surface area contributed by atoms with Crippen molar-refractivity contribution in [1.29, 1.82) is 0 Å². The first kappa shape index (κ1) is 27.4. The molecular formula is C26H44O3. The molecule has 0 aliphatic heterocycles. The van der Waals surface area contributed by atoms with Crippen molar-refractivity contribution >= 4 is 5.97 Å². The van der Waals surface area contributed by atoms with Crippen molar-refractivity contribution in [2.45, 2.75) is 97.5 Å². The van der Waals surface area contributed by atoms with E-state index in [1.165, 1.54) is 25.7 Å². The maximum absolute atomic E-state index is 11.5. The normalized spacial score (nSPS) is 12.8. The minimum Gasteiger partial charge on any atom is -0.458 e. The Balaban J connectivity index is 3.45. The molecule has 0 unspecified atom stereocenters. The van der Waals surface area contributed by atoms with Crippen molar-refractivity contribution in [3.63, 3.8) is 0 Å². The minimum absolute atomic E-state index is 0.0433. The number of hydrogen-bond donors (Lipinski definition) is 0. The van der Waals surface area contributed by atoms with Crippen LogP contribution in [0.2, 0.25) is 0 Å². The molecule has 0 amide bonds. The van der Waals surface area contributed by atoms with Crippen LogP contribution in [0.25, 0.3) is 0 Å². The molecule has 0 aliphatic carbocycles. The number of ether oxygens (including phenoxy) is 2. The molecule has 0 radical (unpaired) electrons. The zero-order valence-corrected chi connectivity index (χ0v) is 19.3. The van der Waals surface area contributed by atoms with Crippen molar-refractivity contribution < 1.29 is 14.3 Å². The van der Waals surface area contributed by atoms with Gasteiger partial charge in [0.05, 0.1) is 0 Å². The van der Waals surface area contributed by atoms with E-state index < -0.39 is 5.60 Å². The van der Waals surface area contributed by atoms with Crippen LogP contribution in [0.15, 0.2) is 48.6 Å². The third-order valence-corrected chi connectivity index (χ3v) is 4.01. The summed E-state index contributed by atoms with van der Waals surface area (Å²) in [7, 11) is 0. The SMILES string of the molecule is CCCCC/C=C\C/C=C\C/C=C\C/C=C\CCCCOCC(=O)OC(C)(C)C. The van der Waals surface area contributed by atoms with Gasteiger partial charge in [0.15, 0.2) is 0 Å². The average Bonchev–Trinajstić information content (AvgIpc) is 2.65. The summed E-state index contributed by atoms with van der Waals surface area (Å²) < 4.78 is 10.5. The molecule has 0 saturated heterocycles. The summed E-state index contributed by atoms with van der Waals surface area (Å²) in [5.41, 5.74) is -0.444. The summed E-state index contributed by atoms with van der Waals surface area (Å²) in [5, 5.41) is 0. The molecule has 0 saturated carbocycles. The van der Waals surface area contributed by atoms with Gasteiger partial charge in [-0.2, -0.15) is 0 Å². The van der Waals surface area contributed by atoms with Gasteiger partial charge in [-0.1, -0.05) is 68.4 Å². The van der Waals surface area contributed by atoms with E-state index in [1.807, 2.05) is 20.8 Å². The molecule has 0 rings (SSSR count). The van der Waals surface area contributed by atoms with E-state index in [4.69, 9.17) is 9.47 Å². The third kappa shape index (κ3) is 24.4. The Morgan fingerprint density at radius 1 is 0.724 bits per heavy atom. The van der Waals surface area contributed by atoms with Crippen LogP contribution in [0.3, 0.4) is 0 Å². The lowest BCUT2D eigenvalue weighted by atomic mass is 10.2. The highest BCUT2D eigenvalue weighted by molar-refractivity contribution is 5.71. The standard InChI is InChI=1S/C26H44O3/c1-5-6-7-8-9-10-11-12-13-14-15-16-17-18-19-20-21-22-23-28-24-25(27)29-26(2,3)4/h9-10,12-13,15-16,18-19H,5-8,11,14,17,20-24H2,1-4H3/b10-9-,13-12-,16-15-,19-18-. The van der Waals surface area contributed by atoms with Crippen molar-refractivity contribution in [3.8, 4) is 0 Å². The van der Waals surface area contributed by atoms with Crippen LogP contribution < -0.4 is 0 Å². The second kappa shape index (κ2) is 19.7. The topological polar surface area (TPSA) is 35.5 Å². The number of hydrogen-bond acceptors (Lipinski definition) is 3. The fraction of sp³-hybridized carbons (Fsp3) is 0.654. The van der Waals surface area contributed by atoms with Crippen molar-refractivity contribution in [3.05, 3.63) is 48.6 Å². The Morgan fingerprint density at radius 3 is 1.69 bits per heavy atom. The highest BCUT2D eigenvalue weighted by Crippen LogP contribution is 2.07. The fourth-order valence-corrected chi connectivity index (χ4v) is 2.55. The van der Waals surface area contributed by atoms with Crippen molar-refractivity contribution in [2.24, 2.45) is 0 Å². The molecule has 0 fully saturated rings. The quantitative estimate of drug-likeness (QED) is 0.143. The zero-order valence-electron chi connectivity index (χ0n) is 19.3. The largest absolute Gasteiger partial charge is 0.458 e. The molecule has 166 valence electrons. The highest BCUT2D eigenvalue weighted by atomic mass is 16.6. The number of esters is 1. The van der Waals surface area contributed by atoms with E-state index in [0.717, 1.165) is 38.5 Å². The summed E-state index contributed by atoms with van der Waals surface area (Å²) in [4.78, 5) is 11.5. The Hall–Kier alpha value is -1.61. The molecule has 0 atom stereocenters. The fourth-order valence-electron chi connectivity index (χ4n) is 2.55. The summed E-state index contributed by atoms with van der Waals surface area (Å²) >= 11 is 0. The van der Waals surface area contributed by atoms with Crippen LogP contribution in [0, 0.1) is 0 Å². The van der Waals surface area contributed by atoms with E-state index in [-0.39, 0.29) is 12.6 Å². The van der Waals surface area contributed by atoms with Crippen LogP contribution in [0.1, 0.15) is 91.9 Å². The Morgan fingerprint density at radius 2 is 1.21 bits per heavy atom. The second-order valence-corrected chi connectivity index (χ2v) is 8.22. The van der Waals surface area contributed by atoms with Gasteiger partial charge in [0.2, 0.25) is 0 Å². The molecule has 0 spiro atoms. The molecule has 0 heterocycles. The Labute approximate surface area is 179 Å². The average molecular weight is 405 g/mol. The predicted molar refractivity (Wildman–Crippen MR) is 125 cm³/mol. The van der Waals surface area contributed by atoms with Crippen LogP contribution >= 0.6 is 0 Å². The summed E-state index contributed by atoms with van der Waals surface area (Å²) in [6.45, 7) is 8.47. The number of unbranched alkanes of at least 4 members (excludes halogenated alkanes) is 5. The maximum atomic E-state index is 11.5. The number of carbonyl (C=O) groups excluding carboxylic acids is 1. The molecule has 0 aromatic heterocycles. The second-order valence-electron chi connectivity index (χ2n) is 8.22. The van der Waals surface area contributed by atoms with E-state index >= 15 is 0 Å². The van der Waals surface area contributed by atoms with Gasteiger partial charge in [-0.15, -0.1) is 0 Å². The van der Waals surface area contributed by atoms with Crippen LogP contribution in [-0.2, 0) is 14.3 Å². The zero-order chi connectivity index (χ0) is 21.6. The Bertz CT molecular complexity index is 493. The molecule has 0 aliphatic rings. The van der Waals surface area contributed by atoms with E-state index in [9.17, 15) is 4.79 Å². The molecule has 0 aromatic carbocycles. The first-order valence-electron chi connectivity index (χ1n) is 11.3. The number of allylic oxidation sites excluding steroid dienone is 8.